The molecule has 2 aromatic rings. The van der Waals surface area contributed by atoms with Crippen LogP contribution >= 0.6 is 0 Å². The maximum atomic E-state index is 13.0. The van der Waals surface area contributed by atoms with Crippen molar-refractivity contribution >= 4 is 6.09 Å². The molecule has 1 aromatic carbocycles. The molecule has 2 heterocycles. The summed E-state index contributed by atoms with van der Waals surface area (Å²) in [5.74, 6) is 6.27. The molecule has 0 spiro atoms. The molecule has 1 unspecified atom stereocenters. The molecule has 1 N–H and O–H groups in total. The van der Waals surface area contributed by atoms with Crippen LogP contribution in [0.4, 0.5) is 18.0 Å². The van der Waals surface area contributed by atoms with E-state index in [0.717, 1.165) is 12.1 Å². The highest BCUT2D eigenvalue weighted by Gasteiger charge is 2.32. The minimum atomic E-state index is -4.46. The van der Waals surface area contributed by atoms with Crippen LogP contribution in [0.5, 0.6) is 0 Å². The average Bonchev–Trinajstić information content (AvgIpc) is 2.67. The Hall–Kier alpha value is -3.05. The van der Waals surface area contributed by atoms with Crippen LogP contribution in [0.3, 0.4) is 0 Å². The van der Waals surface area contributed by atoms with Crippen LogP contribution in [0.25, 0.3) is 0 Å². The molecular weight excluding hydrogens is 421 g/mol. The molecule has 1 aromatic heterocycles. The number of halogens is 3. The topological polar surface area (TPSA) is 60.5 Å². The van der Waals surface area contributed by atoms with Gasteiger partial charge >= 0.3 is 12.3 Å². The Kier molecular flexibility index (Phi) is 6.51. The SMILES string of the molecule is CC1(C#Cc2cccnc2C(NC(=O)OC(C)(C)C)c2ccc(C(F)(F)F)cc2)COC1. The molecule has 170 valence electrons. The number of hydrogen-bond donors (Lipinski definition) is 1. The molecule has 1 atom stereocenters. The van der Waals surface area contributed by atoms with Crippen molar-refractivity contribution < 1.29 is 27.4 Å². The summed E-state index contributed by atoms with van der Waals surface area (Å²) >= 11 is 0. The van der Waals surface area contributed by atoms with Crippen molar-refractivity contribution in [2.75, 3.05) is 13.2 Å². The highest BCUT2D eigenvalue weighted by atomic mass is 19.4. The fraction of sp³-hybridized carbons (Fsp3) is 0.417. The number of amides is 1. The number of rotatable bonds is 3. The second-order valence-electron chi connectivity index (χ2n) is 8.94. The van der Waals surface area contributed by atoms with E-state index in [4.69, 9.17) is 9.47 Å². The summed E-state index contributed by atoms with van der Waals surface area (Å²) in [5.41, 5.74) is -0.410. The van der Waals surface area contributed by atoms with Gasteiger partial charge in [0.15, 0.2) is 0 Å². The van der Waals surface area contributed by atoms with E-state index < -0.39 is 29.5 Å². The molecular formula is C24H25F3N2O3. The quantitative estimate of drug-likeness (QED) is 0.667. The summed E-state index contributed by atoms with van der Waals surface area (Å²) < 4.78 is 49.7. The summed E-state index contributed by atoms with van der Waals surface area (Å²) in [4.78, 5) is 16.9. The highest BCUT2D eigenvalue weighted by Crippen LogP contribution is 2.32. The van der Waals surface area contributed by atoms with Crippen LogP contribution in [0, 0.1) is 17.3 Å². The number of benzene rings is 1. The molecule has 1 aliphatic heterocycles. The van der Waals surface area contributed by atoms with E-state index in [1.54, 1.807) is 39.1 Å². The van der Waals surface area contributed by atoms with Crippen LogP contribution in [0.2, 0.25) is 0 Å². The van der Waals surface area contributed by atoms with Crippen LogP contribution in [-0.2, 0) is 15.7 Å². The number of pyridine rings is 1. The Labute approximate surface area is 185 Å². The van der Waals surface area contributed by atoms with Crippen LogP contribution in [0.15, 0.2) is 42.6 Å². The van der Waals surface area contributed by atoms with Crippen molar-refractivity contribution in [1.82, 2.24) is 10.3 Å². The second kappa shape index (κ2) is 8.83. The fourth-order valence-corrected chi connectivity index (χ4v) is 3.05. The number of ether oxygens (including phenoxy) is 2. The third-order valence-electron chi connectivity index (χ3n) is 4.68. The number of carbonyl (C=O) groups excluding carboxylic acids is 1. The van der Waals surface area contributed by atoms with Crippen LogP contribution < -0.4 is 5.32 Å². The van der Waals surface area contributed by atoms with E-state index >= 15 is 0 Å². The highest BCUT2D eigenvalue weighted by molar-refractivity contribution is 5.69. The van der Waals surface area contributed by atoms with Gasteiger partial charge in [-0.05, 0) is 57.5 Å². The third-order valence-corrected chi connectivity index (χ3v) is 4.68. The van der Waals surface area contributed by atoms with Crippen LogP contribution in [0.1, 0.15) is 56.1 Å². The van der Waals surface area contributed by atoms with Gasteiger partial charge in [0.1, 0.15) is 11.6 Å². The summed E-state index contributed by atoms with van der Waals surface area (Å²) in [6.07, 6.45) is -3.64. The Morgan fingerprint density at radius 1 is 1.19 bits per heavy atom. The lowest BCUT2D eigenvalue weighted by Crippen LogP contribution is -2.38. The van der Waals surface area contributed by atoms with E-state index in [9.17, 15) is 18.0 Å². The number of carbonyl (C=O) groups is 1. The van der Waals surface area contributed by atoms with E-state index in [0.29, 0.717) is 30.0 Å². The molecule has 1 amide bonds. The first kappa shape index (κ1) is 23.6. The maximum Gasteiger partial charge on any atom is 0.416 e. The van der Waals surface area contributed by atoms with Gasteiger partial charge in [0.05, 0.1) is 29.9 Å². The molecule has 8 heteroatoms. The van der Waals surface area contributed by atoms with Crippen molar-refractivity contribution in [3.63, 3.8) is 0 Å². The van der Waals surface area contributed by atoms with Gasteiger partial charge in [-0.15, -0.1) is 0 Å². The fourth-order valence-electron chi connectivity index (χ4n) is 3.05. The van der Waals surface area contributed by atoms with E-state index in [1.165, 1.54) is 12.1 Å². The number of nitrogens with zero attached hydrogens (tertiary/aromatic N) is 1. The van der Waals surface area contributed by atoms with Crippen molar-refractivity contribution in [1.29, 1.82) is 0 Å². The van der Waals surface area contributed by atoms with Crippen molar-refractivity contribution in [2.24, 2.45) is 5.41 Å². The second-order valence-corrected chi connectivity index (χ2v) is 8.94. The van der Waals surface area contributed by atoms with Crippen molar-refractivity contribution in [3.8, 4) is 11.8 Å². The van der Waals surface area contributed by atoms with Crippen molar-refractivity contribution in [2.45, 2.75) is 45.5 Å². The summed E-state index contributed by atoms with van der Waals surface area (Å²) in [6.45, 7) is 8.18. The largest absolute Gasteiger partial charge is 0.444 e. The van der Waals surface area contributed by atoms with E-state index in [1.807, 2.05) is 6.92 Å². The molecule has 0 aliphatic carbocycles. The Balaban J connectivity index is 2.00. The Bertz CT molecular complexity index is 1030. The van der Waals surface area contributed by atoms with Gasteiger partial charge in [0.25, 0.3) is 0 Å². The van der Waals surface area contributed by atoms with E-state index in [-0.39, 0.29) is 5.41 Å². The molecule has 32 heavy (non-hydrogen) atoms. The van der Waals surface area contributed by atoms with E-state index in [2.05, 4.69) is 22.1 Å². The van der Waals surface area contributed by atoms with Crippen LogP contribution in [-0.4, -0.2) is 29.9 Å². The molecule has 1 fully saturated rings. The minimum absolute atomic E-state index is 0.268. The number of nitrogens with one attached hydrogen (secondary N) is 1. The first-order valence-corrected chi connectivity index (χ1v) is 10.1. The van der Waals surface area contributed by atoms with Gasteiger partial charge in [-0.2, -0.15) is 13.2 Å². The molecule has 5 nitrogen and oxygen atoms in total. The number of hydrogen-bond acceptors (Lipinski definition) is 4. The summed E-state index contributed by atoms with van der Waals surface area (Å²) in [5, 5.41) is 2.73. The minimum Gasteiger partial charge on any atom is -0.444 e. The number of aromatic nitrogens is 1. The van der Waals surface area contributed by atoms with Gasteiger partial charge in [0.2, 0.25) is 0 Å². The number of alkyl carbamates (subject to hydrolysis) is 1. The standard InChI is InChI=1S/C24H25F3N2O3/c1-22(2,3)32-21(30)29-20(17-7-9-18(10-8-17)24(25,26)27)19-16(6-5-13-28-19)11-12-23(4)14-31-15-23/h5-10,13,20H,14-15H2,1-4H3,(H,29,30). The molecule has 0 bridgehead atoms. The Morgan fingerprint density at radius 3 is 2.38 bits per heavy atom. The number of alkyl halides is 3. The first-order valence-electron chi connectivity index (χ1n) is 10.1. The van der Waals surface area contributed by atoms with Gasteiger partial charge in [-0.3, -0.25) is 4.98 Å². The molecule has 1 aliphatic rings. The van der Waals surface area contributed by atoms with Gasteiger partial charge in [0, 0.05) is 11.8 Å². The first-order chi connectivity index (χ1) is 14.9. The zero-order valence-corrected chi connectivity index (χ0v) is 18.3. The van der Waals surface area contributed by atoms with Crippen molar-refractivity contribution in [3.05, 3.63) is 65.0 Å². The van der Waals surface area contributed by atoms with Gasteiger partial charge < -0.3 is 14.8 Å². The maximum absolute atomic E-state index is 13.0. The smallest absolute Gasteiger partial charge is 0.416 e. The zero-order chi connectivity index (χ0) is 23.6. The normalized spacial score (nSPS) is 16.2. The lowest BCUT2D eigenvalue weighted by atomic mass is 9.89. The molecule has 3 rings (SSSR count). The summed E-state index contributed by atoms with van der Waals surface area (Å²) in [7, 11) is 0. The lowest BCUT2D eigenvalue weighted by Gasteiger charge is -2.32. The predicted octanol–water partition coefficient (Wildman–Crippen LogP) is 5.10. The third kappa shape index (κ3) is 6.01. The molecule has 0 radical (unpaired) electrons. The Morgan fingerprint density at radius 2 is 1.84 bits per heavy atom. The predicted molar refractivity (Wildman–Crippen MR) is 113 cm³/mol. The van der Waals surface area contributed by atoms with Gasteiger partial charge in [-0.25, -0.2) is 4.79 Å². The summed E-state index contributed by atoms with van der Waals surface area (Å²) in [6, 6.07) is 7.19. The van der Waals surface area contributed by atoms with Gasteiger partial charge in [-0.1, -0.05) is 24.0 Å². The zero-order valence-electron chi connectivity index (χ0n) is 18.3. The monoisotopic (exact) mass is 446 g/mol. The average molecular weight is 446 g/mol. The molecule has 0 saturated carbocycles. The molecule has 1 saturated heterocycles. The lowest BCUT2D eigenvalue weighted by molar-refractivity contribution is -0.137.